The smallest absolute Gasteiger partial charge is 0.241 e. The highest BCUT2D eigenvalue weighted by Crippen LogP contribution is 2.14. The van der Waals surface area contributed by atoms with Gasteiger partial charge in [-0.1, -0.05) is 19.4 Å². The summed E-state index contributed by atoms with van der Waals surface area (Å²) in [7, 11) is 0. The Bertz CT molecular complexity index is 538. The minimum atomic E-state index is -0.469. The number of nitrogens with zero attached hydrogens (tertiary/aromatic N) is 3. The number of carbonyl (C=O) groups excluding carboxylic acids is 1. The van der Waals surface area contributed by atoms with Crippen LogP contribution >= 0.6 is 0 Å². The lowest BCUT2D eigenvalue weighted by molar-refractivity contribution is -0.117. The van der Waals surface area contributed by atoms with Crippen molar-refractivity contribution in [2.45, 2.75) is 25.8 Å². The molecule has 6 nitrogen and oxygen atoms in total. The van der Waals surface area contributed by atoms with E-state index in [1.54, 1.807) is 17.2 Å². The van der Waals surface area contributed by atoms with Gasteiger partial charge in [0.2, 0.25) is 5.91 Å². The summed E-state index contributed by atoms with van der Waals surface area (Å²) in [6.07, 6.45) is 4.76. The summed E-state index contributed by atoms with van der Waals surface area (Å²) in [4.78, 5) is 11.8. The second-order valence-corrected chi connectivity index (χ2v) is 4.30. The highest BCUT2D eigenvalue weighted by Gasteiger charge is 2.12. The molecular formula is C13H17N5O. The fourth-order valence-electron chi connectivity index (χ4n) is 1.76. The number of amides is 1. The van der Waals surface area contributed by atoms with Crippen LogP contribution in [0.4, 0.5) is 5.69 Å². The van der Waals surface area contributed by atoms with Crippen LogP contribution in [-0.2, 0) is 4.79 Å². The normalized spacial score (nSPS) is 12.1. The number of carbonyl (C=O) groups is 1. The van der Waals surface area contributed by atoms with E-state index in [0.717, 1.165) is 12.1 Å². The van der Waals surface area contributed by atoms with Crippen molar-refractivity contribution in [1.82, 2.24) is 14.8 Å². The fraction of sp³-hybridized carbons (Fsp3) is 0.308. The van der Waals surface area contributed by atoms with E-state index in [9.17, 15) is 4.79 Å². The summed E-state index contributed by atoms with van der Waals surface area (Å²) < 4.78 is 1.77. The Morgan fingerprint density at radius 2 is 2.16 bits per heavy atom. The van der Waals surface area contributed by atoms with E-state index >= 15 is 0 Å². The Labute approximate surface area is 111 Å². The zero-order valence-corrected chi connectivity index (χ0v) is 10.8. The molecule has 0 aliphatic carbocycles. The number of nitrogens with two attached hydrogens (primary N) is 1. The molecule has 0 bridgehead atoms. The Morgan fingerprint density at radius 3 is 2.84 bits per heavy atom. The molecular weight excluding hydrogens is 242 g/mol. The van der Waals surface area contributed by atoms with E-state index in [0.29, 0.717) is 12.1 Å². The number of hydrogen-bond donors (Lipinski definition) is 2. The molecule has 1 amide bonds. The van der Waals surface area contributed by atoms with E-state index in [2.05, 4.69) is 15.5 Å². The van der Waals surface area contributed by atoms with Crippen LogP contribution in [0, 0.1) is 0 Å². The second-order valence-electron chi connectivity index (χ2n) is 4.30. The van der Waals surface area contributed by atoms with E-state index in [1.165, 1.54) is 0 Å². The third-order valence-electron chi connectivity index (χ3n) is 2.77. The standard InChI is InChI=1S/C13H17N5O/c1-2-4-12(14)13(19)17-10-5-3-6-11(7-10)18-8-15-16-9-18/h3,5-9,12H,2,4,14H2,1H3,(H,17,19). The molecule has 1 heterocycles. The van der Waals surface area contributed by atoms with Crippen LogP contribution in [-0.4, -0.2) is 26.7 Å². The van der Waals surface area contributed by atoms with Crippen molar-refractivity contribution in [3.63, 3.8) is 0 Å². The molecule has 2 aromatic rings. The first-order valence-electron chi connectivity index (χ1n) is 6.22. The van der Waals surface area contributed by atoms with Gasteiger partial charge in [-0.2, -0.15) is 0 Å². The molecule has 2 rings (SSSR count). The van der Waals surface area contributed by atoms with Gasteiger partial charge in [-0.15, -0.1) is 10.2 Å². The van der Waals surface area contributed by atoms with Gasteiger partial charge in [-0.05, 0) is 24.6 Å². The maximum atomic E-state index is 11.8. The molecule has 1 unspecified atom stereocenters. The molecule has 1 aromatic carbocycles. The van der Waals surface area contributed by atoms with Crippen LogP contribution < -0.4 is 11.1 Å². The molecule has 0 fully saturated rings. The Kier molecular flexibility index (Phi) is 4.25. The summed E-state index contributed by atoms with van der Waals surface area (Å²) >= 11 is 0. The molecule has 1 atom stereocenters. The van der Waals surface area contributed by atoms with Gasteiger partial charge in [0.05, 0.1) is 11.7 Å². The van der Waals surface area contributed by atoms with Crippen molar-refractivity contribution in [3.05, 3.63) is 36.9 Å². The number of benzene rings is 1. The van der Waals surface area contributed by atoms with Crippen molar-refractivity contribution in [2.75, 3.05) is 5.32 Å². The zero-order chi connectivity index (χ0) is 13.7. The average molecular weight is 259 g/mol. The lowest BCUT2D eigenvalue weighted by atomic mass is 10.1. The molecule has 0 spiro atoms. The topological polar surface area (TPSA) is 85.8 Å². The lowest BCUT2D eigenvalue weighted by Crippen LogP contribution is -2.35. The van der Waals surface area contributed by atoms with Crippen LogP contribution in [0.2, 0.25) is 0 Å². The van der Waals surface area contributed by atoms with Crippen LogP contribution in [0.25, 0.3) is 5.69 Å². The van der Waals surface area contributed by atoms with E-state index in [4.69, 9.17) is 5.73 Å². The predicted molar refractivity (Wildman–Crippen MR) is 72.9 cm³/mol. The fourth-order valence-corrected chi connectivity index (χ4v) is 1.76. The molecule has 0 aliphatic heterocycles. The molecule has 3 N–H and O–H groups in total. The highest BCUT2D eigenvalue weighted by atomic mass is 16.2. The molecule has 0 radical (unpaired) electrons. The van der Waals surface area contributed by atoms with Crippen molar-refractivity contribution in [3.8, 4) is 5.69 Å². The zero-order valence-electron chi connectivity index (χ0n) is 10.8. The summed E-state index contributed by atoms with van der Waals surface area (Å²) in [6, 6.07) is 6.97. The van der Waals surface area contributed by atoms with Crippen molar-refractivity contribution in [2.24, 2.45) is 5.73 Å². The second kappa shape index (κ2) is 6.10. The predicted octanol–water partition coefficient (Wildman–Crippen LogP) is 1.33. The summed E-state index contributed by atoms with van der Waals surface area (Å²) in [5.74, 6) is -0.164. The van der Waals surface area contributed by atoms with Crippen LogP contribution in [0.1, 0.15) is 19.8 Å². The van der Waals surface area contributed by atoms with Gasteiger partial charge in [-0.25, -0.2) is 0 Å². The monoisotopic (exact) mass is 259 g/mol. The molecule has 0 saturated heterocycles. The van der Waals surface area contributed by atoms with Gasteiger partial charge in [0.15, 0.2) is 0 Å². The number of anilines is 1. The minimum Gasteiger partial charge on any atom is -0.325 e. The molecule has 6 heteroatoms. The van der Waals surface area contributed by atoms with Gasteiger partial charge in [0.1, 0.15) is 12.7 Å². The Balaban J connectivity index is 2.09. The third-order valence-corrected chi connectivity index (χ3v) is 2.77. The van der Waals surface area contributed by atoms with Gasteiger partial charge >= 0.3 is 0 Å². The first-order valence-corrected chi connectivity index (χ1v) is 6.22. The van der Waals surface area contributed by atoms with E-state index in [1.807, 2.05) is 31.2 Å². The van der Waals surface area contributed by atoms with E-state index < -0.39 is 6.04 Å². The quantitative estimate of drug-likeness (QED) is 0.848. The minimum absolute atomic E-state index is 0.164. The SMILES string of the molecule is CCCC(N)C(=O)Nc1cccc(-n2cnnc2)c1. The number of hydrogen-bond acceptors (Lipinski definition) is 4. The lowest BCUT2D eigenvalue weighted by Gasteiger charge is -2.12. The molecule has 1 aromatic heterocycles. The summed E-state index contributed by atoms with van der Waals surface area (Å²) in [5.41, 5.74) is 7.36. The van der Waals surface area contributed by atoms with Crippen LogP contribution in [0.5, 0.6) is 0 Å². The van der Waals surface area contributed by atoms with Gasteiger partial charge in [-0.3, -0.25) is 9.36 Å². The number of rotatable bonds is 5. The Hall–Kier alpha value is -2.21. The molecule has 0 aliphatic rings. The van der Waals surface area contributed by atoms with Gasteiger partial charge < -0.3 is 11.1 Å². The largest absolute Gasteiger partial charge is 0.325 e. The highest BCUT2D eigenvalue weighted by molar-refractivity contribution is 5.94. The first-order chi connectivity index (χ1) is 9.20. The summed E-state index contributed by atoms with van der Waals surface area (Å²) in [5, 5.41) is 10.3. The van der Waals surface area contributed by atoms with Crippen molar-refractivity contribution >= 4 is 11.6 Å². The molecule has 0 saturated carbocycles. The van der Waals surface area contributed by atoms with Crippen molar-refractivity contribution in [1.29, 1.82) is 0 Å². The average Bonchev–Trinajstić information content (AvgIpc) is 2.93. The maximum absolute atomic E-state index is 11.8. The summed E-state index contributed by atoms with van der Waals surface area (Å²) in [6.45, 7) is 2.00. The molecule has 100 valence electrons. The number of nitrogens with one attached hydrogen (secondary N) is 1. The Morgan fingerprint density at radius 1 is 1.42 bits per heavy atom. The maximum Gasteiger partial charge on any atom is 0.241 e. The van der Waals surface area contributed by atoms with Crippen LogP contribution in [0.3, 0.4) is 0 Å². The van der Waals surface area contributed by atoms with Crippen LogP contribution in [0.15, 0.2) is 36.9 Å². The van der Waals surface area contributed by atoms with Gasteiger partial charge in [0.25, 0.3) is 0 Å². The van der Waals surface area contributed by atoms with Gasteiger partial charge in [0, 0.05) is 5.69 Å². The number of aromatic nitrogens is 3. The van der Waals surface area contributed by atoms with E-state index in [-0.39, 0.29) is 5.91 Å². The third kappa shape index (κ3) is 3.38. The van der Waals surface area contributed by atoms with Crippen molar-refractivity contribution < 1.29 is 4.79 Å². The molecule has 19 heavy (non-hydrogen) atoms. The first kappa shape index (κ1) is 13.2.